The number of hydrogen-bond acceptors (Lipinski definition) is 2. The standard InChI is InChI=1S/C15H24O2/c1-6-15(7-2,17-5)14(16)13-9-8-11(3)12(4)10-13/h8-10,14,16H,6-7H2,1-5H3. The summed E-state index contributed by atoms with van der Waals surface area (Å²) in [5.74, 6) is 0. The van der Waals surface area contributed by atoms with E-state index in [1.165, 1.54) is 11.1 Å². The fourth-order valence-corrected chi connectivity index (χ4v) is 2.28. The molecule has 1 N–H and O–H groups in total. The van der Waals surface area contributed by atoms with Crippen molar-refractivity contribution in [2.24, 2.45) is 0 Å². The van der Waals surface area contributed by atoms with Crippen LogP contribution in [0.2, 0.25) is 0 Å². The van der Waals surface area contributed by atoms with E-state index in [1.54, 1.807) is 7.11 Å². The summed E-state index contributed by atoms with van der Waals surface area (Å²) in [5.41, 5.74) is 2.93. The van der Waals surface area contributed by atoms with Crippen LogP contribution in [0.4, 0.5) is 0 Å². The minimum atomic E-state index is -0.568. The first-order valence-corrected chi connectivity index (χ1v) is 6.31. The fraction of sp³-hybridized carbons (Fsp3) is 0.600. The number of benzene rings is 1. The molecule has 2 nitrogen and oxygen atoms in total. The third kappa shape index (κ3) is 2.70. The second kappa shape index (κ2) is 5.65. The van der Waals surface area contributed by atoms with Crippen molar-refractivity contribution in [2.75, 3.05) is 7.11 Å². The molecule has 0 bridgehead atoms. The van der Waals surface area contributed by atoms with Gasteiger partial charge in [-0.15, -0.1) is 0 Å². The molecule has 0 amide bonds. The number of aliphatic hydroxyl groups is 1. The van der Waals surface area contributed by atoms with Crippen LogP contribution in [0.5, 0.6) is 0 Å². The molecular weight excluding hydrogens is 212 g/mol. The normalized spacial score (nSPS) is 13.8. The molecular formula is C15H24O2. The molecule has 0 saturated heterocycles. The van der Waals surface area contributed by atoms with Crippen LogP contribution in [0, 0.1) is 13.8 Å². The maximum absolute atomic E-state index is 10.5. The summed E-state index contributed by atoms with van der Waals surface area (Å²) in [6.45, 7) is 8.25. The van der Waals surface area contributed by atoms with Gasteiger partial charge in [0.05, 0.1) is 5.60 Å². The highest BCUT2D eigenvalue weighted by Gasteiger charge is 2.35. The molecule has 1 rings (SSSR count). The van der Waals surface area contributed by atoms with Gasteiger partial charge in [-0.25, -0.2) is 0 Å². The second-order valence-corrected chi connectivity index (χ2v) is 4.72. The SMILES string of the molecule is CCC(CC)(OC)C(O)c1ccc(C)c(C)c1. The Balaban J connectivity index is 3.09. The van der Waals surface area contributed by atoms with Crippen molar-refractivity contribution in [3.63, 3.8) is 0 Å². The molecule has 0 aromatic heterocycles. The molecule has 0 radical (unpaired) electrons. The third-order valence-corrected chi connectivity index (χ3v) is 3.95. The molecule has 96 valence electrons. The van der Waals surface area contributed by atoms with Crippen LogP contribution in [0.15, 0.2) is 18.2 Å². The zero-order chi connectivity index (χ0) is 13.1. The van der Waals surface area contributed by atoms with Gasteiger partial charge in [0.25, 0.3) is 0 Å². The van der Waals surface area contributed by atoms with Crippen LogP contribution in [0.1, 0.15) is 49.5 Å². The Morgan fingerprint density at radius 2 is 1.76 bits per heavy atom. The summed E-state index contributed by atoms with van der Waals surface area (Å²) < 4.78 is 5.57. The van der Waals surface area contributed by atoms with Gasteiger partial charge < -0.3 is 9.84 Å². The summed E-state index contributed by atoms with van der Waals surface area (Å²) in [5, 5.41) is 10.5. The smallest absolute Gasteiger partial charge is 0.108 e. The van der Waals surface area contributed by atoms with Gasteiger partial charge in [-0.05, 0) is 43.4 Å². The maximum atomic E-state index is 10.5. The summed E-state index contributed by atoms with van der Waals surface area (Å²) in [4.78, 5) is 0. The molecule has 0 aliphatic carbocycles. The van der Waals surface area contributed by atoms with E-state index in [1.807, 2.05) is 6.07 Å². The molecule has 1 unspecified atom stereocenters. The van der Waals surface area contributed by atoms with Gasteiger partial charge in [-0.2, -0.15) is 0 Å². The van der Waals surface area contributed by atoms with E-state index in [4.69, 9.17) is 4.74 Å². The topological polar surface area (TPSA) is 29.5 Å². The highest BCUT2D eigenvalue weighted by Crippen LogP contribution is 2.35. The Kier molecular flexibility index (Phi) is 4.72. The Labute approximate surface area is 105 Å². The maximum Gasteiger partial charge on any atom is 0.108 e. The molecule has 0 aliphatic heterocycles. The van der Waals surface area contributed by atoms with Gasteiger partial charge >= 0.3 is 0 Å². The van der Waals surface area contributed by atoms with Crippen molar-refractivity contribution in [3.05, 3.63) is 34.9 Å². The zero-order valence-electron chi connectivity index (χ0n) is 11.6. The summed E-state index contributed by atoms with van der Waals surface area (Å²) >= 11 is 0. The zero-order valence-corrected chi connectivity index (χ0v) is 11.6. The van der Waals surface area contributed by atoms with Gasteiger partial charge in [0.2, 0.25) is 0 Å². The van der Waals surface area contributed by atoms with Crippen LogP contribution < -0.4 is 0 Å². The minimum absolute atomic E-state index is 0.471. The largest absolute Gasteiger partial charge is 0.385 e. The molecule has 1 atom stereocenters. The number of aryl methyl sites for hydroxylation is 2. The van der Waals surface area contributed by atoms with Gasteiger partial charge in [0.15, 0.2) is 0 Å². The molecule has 0 spiro atoms. The van der Waals surface area contributed by atoms with Crippen molar-refractivity contribution >= 4 is 0 Å². The van der Waals surface area contributed by atoms with E-state index in [0.717, 1.165) is 18.4 Å². The predicted molar refractivity (Wildman–Crippen MR) is 71.2 cm³/mol. The first-order valence-electron chi connectivity index (χ1n) is 6.31. The lowest BCUT2D eigenvalue weighted by atomic mass is 9.85. The molecule has 1 aromatic carbocycles. The van der Waals surface area contributed by atoms with E-state index in [2.05, 4.69) is 39.8 Å². The third-order valence-electron chi connectivity index (χ3n) is 3.95. The average molecular weight is 236 g/mol. The van der Waals surface area contributed by atoms with E-state index >= 15 is 0 Å². The number of hydrogen-bond donors (Lipinski definition) is 1. The average Bonchev–Trinajstić information content (AvgIpc) is 2.35. The Morgan fingerprint density at radius 1 is 1.18 bits per heavy atom. The lowest BCUT2D eigenvalue weighted by molar-refractivity contribution is -0.109. The molecule has 0 aliphatic rings. The van der Waals surface area contributed by atoms with Gasteiger partial charge in [-0.3, -0.25) is 0 Å². The molecule has 2 heteroatoms. The van der Waals surface area contributed by atoms with Gasteiger partial charge in [-0.1, -0.05) is 32.0 Å². The first-order chi connectivity index (χ1) is 8.00. The Morgan fingerprint density at radius 3 is 2.18 bits per heavy atom. The highest BCUT2D eigenvalue weighted by atomic mass is 16.5. The van der Waals surface area contributed by atoms with E-state index in [-0.39, 0.29) is 0 Å². The summed E-state index contributed by atoms with van der Waals surface area (Å²) in [6, 6.07) is 6.10. The first kappa shape index (κ1) is 14.2. The van der Waals surface area contributed by atoms with Crippen molar-refractivity contribution in [2.45, 2.75) is 52.2 Å². The second-order valence-electron chi connectivity index (χ2n) is 4.72. The van der Waals surface area contributed by atoms with Gasteiger partial charge in [0.1, 0.15) is 6.10 Å². The monoisotopic (exact) mass is 236 g/mol. The molecule has 0 fully saturated rings. The van der Waals surface area contributed by atoms with E-state index in [9.17, 15) is 5.11 Å². The molecule has 0 saturated carbocycles. The van der Waals surface area contributed by atoms with Crippen molar-refractivity contribution in [3.8, 4) is 0 Å². The summed E-state index contributed by atoms with van der Waals surface area (Å²) in [6.07, 6.45) is 1.03. The highest BCUT2D eigenvalue weighted by molar-refractivity contribution is 5.32. The number of methoxy groups -OCH3 is 1. The van der Waals surface area contributed by atoms with Crippen molar-refractivity contribution < 1.29 is 9.84 Å². The quantitative estimate of drug-likeness (QED) is 0.847. The Bertz CT molecular complexity index is 359. The minimum Gasteiger partial charge on any atom is -0.385 e. The number of rotatable bonds is 5. The van der Waals surface area contributed by atoms with Crippen LogP contribution in [0.3, 0.4) is 0 Å². The number of ether oxygens (including phenoxy) is 1. The van der Waals surface area contributed by atoms with Gasteiger partial charge in [0, 0.05) is 7.11 Å². The Hall–Kier alpha value is -0.860. The summed E-state index contributed by atoms with van der Waals surface area (Å²) in [7, 11) is 1.68. The lowest BCUT2D eigenvalue weighted by Crippen LogP contribution is -2.37. The predicted octanol–water partition coefficient (Wildman–Crippen LogP) is 3.54. The lowest BCUT2D eigenvalue weighted by Gasteiger charge is -2.35. The molecule has 1 aromatic rings. The van der Waals surface area contributed by atoms with Crippen LogP contribution in [-0.2, 0) is 4.74 Å². The van der Waals surface area contributed by atoms with E-state index < -0.39 is 11.7 Å². The van der Waals surface area contributed by atoms with Crippen molar-refractivity contribution in [1.82, 2.24) is 0 Å². The van der Waals surface area contributed by atoms with Crippen LogP contribution in [-0.4, -0.2) is 17.8 Å². The number of aliphatic hydroxyl groups excluding tert-OH is 1. The molecule has 17 heavy (non-hydrogen) atoms. The van der Waals surface area contributed by atoms with Crippen LogP contribution in [0.25, 0.3) is 0 Å². The van der Waals surface area contributed by atoms with Crippen LogP contribution >= 0.6 is 0 Å². The molecule has 0 heterocycles. The fourth-order valence-electron chi connectivity index (χ4n) is 2.28. The van der Waals surface area contributed by atoms with Crippen molar-refractivity contribution in [1.29, 1.82) is 0 Å². The van der Waals surface area contributed by atoms with E-state index in [0.29, 0.717) is 0 Å².